The molecule has 10 atom stereocenters. The van der Waals surface area contributed by atoms with Crippen molar-refractivity contribution >= 4 is 117 Å². The van der Waals surface area contributed by atoms with E-state index < -0.39 is 151 Å². The van der Waals surface area contributed by atoms with E-state index in [2.05, 4.69) is 55.9 Å². The molecule has 36 nitrogen and oxygen atoms in total. The van der Waals surface area contributed by atoms with Crippen LogP contribution < -0.4 is 154 Å². The standard InChI is InChI=1S/C20H32N6O12S2.C10H12N4O5.C9H16N3O4S.CO2.3Na/c21-9(19(35)36)1-3-13(27)25-11(17(33)23-5-15(29)30)7-39-40-8-12(18(34)24-6-16(31)32)26-14(28)4-2-10(22)20(37)38;15-1-4-6(16)7(17)10(19-4)14-3-13-5-8(14)11-2-12-9(5)18;1-11-8(14)6(4-17)12-7(13)3-2-5(10)9(15)16;2-1-3;;;/h9-12H,1-8,21-22H2,(H,23,33)(H,24,34)(H,25,27)(H,26,28)(H,29,30)(H,31,32)(H,35,36)(H,37,38);2-4,6-7,10,15-17H,1H2,(H,11,12,18);5-6,17H,1-4,10H2,(H,11,14)(H,12,13)(H,15,16);;;;/q;;-1;;3*+1/p-2. The predicted molar refractivity (Wildman–Crippen MR) is 265 cm³/mol. The van der Waals surface area contributed by atoms with E-state index in [1.54, 1.807) is 0 Å². The Morgan fingerprint density at radius 2 is 1.11 bits per heavy atom. The molecular weight excluding hydrogens is 1200 g/mol. The Kier molecular flexibility index (Phi) is 47.2. The van der Waals surface area contributed by atoms with Gasteiger partial charge in [0.15, 0.2) is 17.4 Å². The number of aromatic nitrogens is 4. The van der Waals surface area contributed by atoms with E-state index >= 15 is 0 Å². The number of carboxylic acids is 5. The van der Waals surface area contributed by atoms with Gasteiger partial charge in [-0.3, -0.25) is 59.6 Å². The molecule has 1 saturated heterocycles. The molecular formula is C40H58N13Na3O23S3. The number of ether oxygens (including phenoxy) is 1. The molecule has 442 valence electrons. The fourth-order valence-corrected chi connectivity index (χ4v) is 8.25. The van der Waals surface area contributed by atoms with Crippen LogP contribution in [0.2, 0.25) is 0 Å². The Bertz CT molecular complexity index is 2430. The topological polar surface area (TPSA) is 612 Å². The summed E-state index contributed by atoms with van der Waals surface area (Å²) >= 11 is 3.90. The summed E-state index contributed by atoms with van der Waals surface area (Å²) in [6.07, 6.45) is -2.78. The van der Waals surface area contributed by atoms with Crippen molar-refractivity contribution in [3.8, 4) is 0 Å². The van der Waals surface area contributed by atoms with E-state index in [4.69, 9.17) is 52.0 Å². The van der Waals surface area contributed by atoms with Gasteiger partial charge in [-0.25, -0.2) is 9.97 Å². The van der Waals surface area contributed by atoms with Crippen LogP contribution in [0.15, 0.2) is 17.4 Å². The molecule has 1 aliphatic heterocycles. The zero-order valence-electron chi connectivity index (χ0n) is 44.1. The second-order valence-electron chi connectivity index (χ2n) is 15.7. The number of aliphatic carboxylic acids is 5. The summed E-state index contributed by atoms with van der Waals surface area (Å²) in [5.74, 6) is -11.5. The van der Waals surface area contributed by atoms with Crippen LogP contribution in [0.3, 0.4) is 0 Å². The fourth-order valence-electron chi connectivity index (χ4n) is 5.67. The first kappa shape index (κ1) is 84.1. The molecule has 42 heteroatoms. The van der Waals surface area contributed by atoms with E-state index in [0.717, 1.165) is 21.6 Å². The molecule has 0 radical (unpaired) electrons. The van der Waals surface area contributed by atoms with Crippen molar-refractivity contribution in [3.05, 3.63) is 30.1 Å². The number of rotatable bonds is 30. The van der Waals surface area contributed by atoms with E-state index in [1.165, 1.54) is 17.2 Å². The Morgan fingerprint density at radius 3 is 1.44 bits per heavy atom. The van der Waals surface area contributed by atoms with Crippen LogP contribution in [0.25, 0.3) is 11.2 Å². The number of nitrogens with one attached hydrogen (secondary N) is 7. The second kappa shape index (κ2) is 46.0. The van der Waals surface area contributed by atoms with Gasteiger partial charge in [0, 0.05) is 36.5 Å². The summed E-state index contributed by atoms with van der Waals surface area (Å²) in [5.41, 5.74) is 15.8. The SMILES string of the molecule is NC(CCC(=O)NC(CSSCC(NC(=O)CCC(N)C(=O)O)C(=O)NCC(=O)[O-])C(=O)NCC(=O)[O-])C(=O)O.O=C=O.O=c1[nH]cnc2c1ncn2C1OC(CO)C(O)C1O.[CH2-]NC(=O)C(CS)NC(=O)CCC(N)C(=O)O.[Na+].[Na+].[Na+]. The van der Waals surface area contributed by atoms with Crippen molar-refractivity contribution in [2.45, 2.75) is 99.3 Å². The molecule has 2 aromatic rings. The minimum atomic E-state index is -1.60. The number of amides is 6. The molecule has 19 N–H and O–H groups in total. The molecule has 1 fully saturated rings. The number of nitrogens with two attached hydrogens (primary N) is 3. The Morgan fingerprint density at radius 1 is 0.720 bits per heavy atom. The van der Waals surface area contributed by atoms with Gasteiger partial charge >= 0.3 is 113 Å². The van der Waals surface area contributed by atoms with Crippen molar-refractivity contribution in [3.63, 3.8) is 0 Å². The fraction of sp³-hybridized carbons (Fsp3) is 0.550. The van der Waals surface area contributed by atoms with Crippen LogP contribution in [0.4, 0.5) is 0 Å². The van der Waals surface area contributed by atoms with Crippen LogP contribution >= 0.6 is 34.2 Å². The normalized spacial score (nSPS) is 16.7. The van der Waals surface area contributed by atoms with Gasteiger partial charge in [0.2, 0.25) is 35.4 Å². The summed E-state index contributed by atoms with van der Waals surface area (Å²) in [4.78, 5) is 163. The van der Waals surface area contributed by atoms with E-state index in [-0.39, 0.29) is 162 Å². The number of aliphatic hydroxyl groups is 3. The number of H-pyrrole nitrogens is 1. The number of aromatic amines is 1. The van der Waals surface area contributed by atoms with Gasteiger partial charge < -0.3 is 109 Å². The summed E-state index contributed by atoms with van der Waals surface area (Å²) in [5, 5.41) is 89.3. The number of fused-ring (bicyclic) bond motifs is 1. The number of imidazole rings is 1. The Hall–Kier alpha value is -4.33. The molecule has 1 aliphatic rings. The second-order valence-corrected chi connectivity index (χ2v) is 18.6. The average Bonchev–Trinajstić information content (AvgIpc) is 3.96. The number of carboxylic acid groups (broad SMARTS) is 5. The first-order valence-electron chi connectivity index (χ1n) is 22.3. The minimum Gasteiger partial charge on any atom is -0.548 e. The molecule has 2 aromatic heterocycles. The molecule has 3 rings (SSSR count). The van der Waals surface area contributed by atoms with E-state index in [0.29, 0.717) is 0 Å². The molecule has 10 unspecified atom stereocenters. The molecule has 82 heavy (non-hydrogen) atoms. The maximum Gasteiger partial charge on any atom is 1.00 e. The zero-order chi connectivity index (χ0) is 60.5. The number of aliphatic hydroxyl groups excluding tert-OH is 3. The number of hydrogen-bond donors (Lipinski definition) is 17. The minimum absolute atomic E-state index is 0. The van der Waals surface area contributed by atoms with Gasteiger partial charge in [-0.1, -0.05) is 21.6 Å². The van der Waals surface area contributed by atoms with Gasteiger partial charge in [0.05, 0.1) is 44.3 Å². The number of carbonyl (C=O) groups excluding carboxylic acids is 10. The third-order valence-electron chi connectivity index (χ3n) is 9.83. The van der Waals surface area contributed by atoms with E-state index in [1.807, 2.05) is 10.6 Å². The van der Waals surface area contributed by atoms with Gasteiger partial charge in [0.1, 0.15) is 54.6 Å². The first-order valence-corrected chi connectivity index (χ1v) is 25.4. The summed E-state index contributed by atoms with van der Waals surface area (Å²) in [6.45, 7) is -2.13. The van der Waals surface area contributed by atoms with Crippen LogP contribution in [-0.2, 0) is 67.1 Å². The molecule has 6 amide bonds. The van der Waals surface area contributed by atoms with Crippen molar-refractivity contribution in [1.29, 1.82) is 0 Å². The molecule has 0 saturated carbocycles. The van der Waals surface area contributed by atoms with Crippen LogP contribution in [0, 0.1) is 7.05 Å². The number of thiol groups is 1. The molecule has 3 heterocycles. The maximum absolute atomic E-state index is 12.3. The maximum atomic E-state index is 12.3. The third-order valence-corrected chi connectivity index (χ3v) is 12.6. The van der Waals surface area contributed by atoms with Gasteiger partial charge in [-0.05, 0) is 19.3 Å². The first-order chi connectivity index (χ1) is 37.1. The quantitative estimate of drug-likeness (QED) is 0.0114. The largest absolute Gasteiger partial charge is 1.00 e. The van der Waals surface area contributed by atoms with Gasteiger partial charge in [0.25, 0.3) is 5.56 Å². The van der Waals surface area contributed by atoms with Gasteiger partial charge in [-0.15, -0.1) is 0 Å². The van der Waals surface area contributed by atoms with Crippen molar-refractivity contribution < 1.29 is 197 Å². The van der Waals surface area contributed by atoms with Crippen molar-refractivity contribution in [2.75, 3.05) is 37.0 Å². The Balaban J connectivity index is -0.000000598. The third kappa shape index (κ3) is 33.2. The van der Waals surface area contributed by atoms with Crippen LogP contribution in [0.1, 0.15) is 44.8 Å². The summed E-state index contributed by atoms with van der Waals surface area (Å²) < 4.78 is 6.70. The predicted octanol–water partition coefficient (Wildman–Crippen LogP) is -19.9. The average molecular weight is 1250 g/mol. The number of hydrogen-bond acceptors (Lipinski definition) is 28. The summed E-state index contributed by atoms with van der Waals surface area (Å²) in [6, 6.07) is -7.13. The number of nitrogens with zero attached hydrogens (tertiary/aromatic N) is 3. The van der Waals surface area contributed by atoms with Crippen molar-refractivity contribution in [2.24, 2.45) is 17.2 Å². The van der Waals surface area contributed by atoms with Crippen LogP contribution in [0.5, 0.6) is 0 Å². The summed E-state index contributed by atoms with van der Waals surface area (Å²) in [7, 11) is 5.01. The van der Waals surface area contributed by atoms with Crippen LogP contribution in [-0.4, -0.2) is 213 Å². The van der Waals surface area contributed by atoms with E-state index in [9.17, 15) is 78.0 Å². The smallest absolute Gasteiger partial charge is 0.548 e. The zero-order valence-corrected chi connectivity index (χ0v) is 52.6. The monoisotopic (exact) mass is 1250 g/mol. The molecule has 0 spiro atoms. The van der Waals surface area contributed by atoms with Gasteiger partial charge in [-0.2, -0.15) is 22.2 Å². The Labute approximate surface area is 543 Å². The molecule has 0 aromatic carbocycles. The molecule has 0 aliphatic carbocycles. The van der Waals surface area contributed by atoms with Crippen molar-refractivity contribution in [1.82, 2.24) is 51.4 Å². The molecule has 0 bridgehead atoms. The number of carbonyl (C=O) groups is 11.